The minimum atomic E-state index is -0.730. The van der Waals surface area contributed by atoms with Crippen molar-refractivity contribution in [3.63, 3.8) is 0 Å². The third-order valence-electron chi connectivity index (χ3n) is 5.35. The number of aryl methyl sites for hydroxylation is 1. The number of aliphatic imine (C=N–C) groups is 1. The van der Waals surface area contributed by atoms with E-state index in [0.29, 0.717) is 18.3 Å². The zero-order chi connectivity index (χ0) is 20.2. The maximum atomic E-state index is 13.1. The zero-order valence-electron chi connectivity index (χ0n) is 16.1. The summed E-state index contributed by atoms with van der Waals surface area (Å²) in [5.74, 6) is 0.124. The van der Waals surface area contributed by atoms with Crippen molar-refractivity contribution in [2.45, 2.75) is 19.9 Å². The summed E-state index contributed by atoms with van der Waals surface area (Å²) in [5, 5.41) is 0. The Kier molecular flexibility index (Phi) is 4.17. The normalized spacial score (nSPS) is 24.4. The molecular weight excluding hydrogens is 360 g/mol. The standard InChI is InChI=1S/C19H22N6O3/c1-11-8-23(13-7-5-4-6-12(13)2)18-21-16-15(24(18)9-11)17(27)25(10-14(20)26)19(28)22(16)3/h4-7,11,15H,8-10H2,1-3H3,(H-,20,26)/p+1. The average Bonchev–Trinajstić information content (AvgIpc) is 3.02. The molecule has 0 spiro atoms. The zero-order valence-corrected chi connectivity index (χ0v) is 16.1. The quantitative estimate of drug-likeness (QED) is 0.741. The van der Waals surface area contributed by atoms with Crippen LogP contribution in [0.4, 0.5) is 10.5 Å². The lowest BCUT2D eigenvalue weighted by molar-refractivity contribution is -0.545. The molecule has 9 nitrogen and oxygen atoms in total. The van der Waals surface area contributed by atoms with Gasteiger partial charge < -0.3 is 5.73 Å². The Labute approximate surface area is 162 Å². The van der Waals surface area contributed by atoms with Crippen LogP contribution >= 0.6 is 0 Å². The lowest BCUT2D eigenvalue weighted by Crippen LogP contribution is -2.64. The molecule has 3 aliphatic rings. The molecule has 4 rings (SSSR count). The van der Waals surface area contributed by atoms with Crippen LogP contribution in [0.25, 0.3) is 0 Å². The number of anilines is 1. The maximum absolute atomic E-state index is 13.1. The van der Waals surface area contributed by atoms with Crippen molar-refractivity contribution in [1.82, 2.24) is 9.80 Å². The summed E-state index contributed by atoms with van der Waals surface area (Å²) < 4.78 is 1.93. The molecule has 1 saturated heterocycles. The van der Waals surface area contributed by atoms with Crippen LogP contribution in [0.1, 0.15) is 12.5 Å². The molecule has 0 aliphatic carbocycles. The fraction of sp³-hybridized carbons (Fsp3) is 0.421. The molecule has 28 heavy (non-hydrogen) atoms. The first-order valence-electron chi connectivity index (χ1n) is 9.22. The summed E-state index contributed by atoms with van der Waals surface area (Å²) in [6, 6.07) is 6.69. The first kappa shape index (κ1) is 18.1. The van der Waals surface area contributed by atoms with Gasteiger partial charge in [-0.15, -0.1) is 0 Å². The Hall–Kier alpha value is -3.23. The van der Waals surface area contributed by atoms with Gasteiger partial charge in [-0.2, -0.15) is 0 Å². The number of benzene rings is 1. The lowest BCUT2D eigenvalue weighted by Gasteiger charge is -2.35. The number of carbonyl (C=O) groups is 3. The lowest BCUT2D eigenvalue weighted by atomic mass is 10.1. The number of amides is 4. The molecule has 0 radical (unpaired) electrons. The van der Waals surface area contributed by atoms with E-state index in [1.165, 1.54) is 4.90 Å². The highest BCUT2D eigenvalue weighted by Gasteiger charge is 2.55. The highest BCUT2D eigenvalue weighted by Crippen LogP contribution is 2.29. The summed E-state index contributed by atoms with van der Waals surface area (Å²) in [6.07, 6.45) is 0. The number of rotatable bonds is 3. The molecular formula is C19H23N6O3+. The van der Waals surface area contributed by atoms with Crippen LogP contribution in [0.3, 0.4) is 0 Å². The molecule has 1 aromatic rings. The molecule has 3 heterocycles. The van der Waals surface area contributed by atoms with Crippen molar-refractivity contribution >= 4 is 35.3 Å². The third kappa shape index (κ3) is 2.65. The van der Waals surface area contributed by atoms with E-state index in [4.69, 9.17) is 5.73 Å². The first-order chi connectivity index (χ1) is 13.3. The fourth-order valence-electron chi connectivity index (χ4n) is 4.07. The van der Waals surface area contributed by atoms with Crippen molar-refractivity contribution in [3.05, 3.63) is 29.8 Å². The molecule has 4 amide bonds. The predicted octanol–water partition coefficient (Wildman–Crippen LogP) is -0.0204. The Morgan fingerprint density at radius 2 is 2.04 bits per heavy atom. The van der Waals surface area contributed by atoms with Gasteiger partial charge in [-0.1, -0.05) is 30.1 Å². The van der Waals surface area contributed by atoms with Gasteiger partial charge in [-0.3, -0.25) is 19.4 Å². The fourth-order valence-corrected chi connectivity index (χ4v) is 4.07. The molecule has 1 aromatic carbocycles. The van der Waals surface area contributed by atoms with Gasteiger partial charge in [0.2, 0.25) is 17.8 Å². The highest BCUT2D eigenvalue weighted by atomic mass is 16.2. The second-order valence-corrected chi connectivity index (χ2v) is 7.56. The van der Waals surface area contributed by atoms with Crippen molar-refractivity contribution in [2.75, 3.05) is 31.6 Å². The van der Waals surface area contributed by atoms with Crippen LogP contribution < -0.4 is 10.6 Å². The smallest absolute Gasteiger partial charge is 0.368 e. The van der Waals surface area contributed by atoms with Gasteiger partial charge in [0.1, 0.15) is 12.2 Å². The molecule has 146 valence electrons. The van der Waals surface area contributed by atoms with Gasteiger partial charge >= 0.3 is 12.0 Å². The first-order valence-corrected chi connectivity index (χ1v) is 9.22. The SMILES string of the molecule is Cc1ccccc1N1CC(C)C[N+]2=C1N=C1C2C(=O)N(CC(N)=O)C(=O)N1C. The Bertz CT molecular complexity index is 953. The minimum absolute atomic E-state index is 0.276. The second kappa shape index (κ2) is 6.43. The molecule has 0 bridgehead atoms. The number of hydrogen-bond acceptors (Lipinski definition) is 5. The van der Waals surface area contributed by atoms with E-state index in [9.17, 15) is 14.4 Å². The number of imide groups is 1. The van der Waals surface area contributed by atoms with Crippen LogP contribution in [0.15, 0.2) is 29.3 Å². The molecule has 1 fully saturated rings. The number of guanidine groups is 1. The molecule has 2 atom stereocenters. The minimum Gasteiger partial charge on any atom is -0.368 e. The Balaban J connectivity index is 1.80. The number of urea groups is 1. The number of amidine groups is 1. The van der Waals surface area contributed by atoms with E-state index >= 15 is 0 Å². The van der Waals surface area contributed by atoms with Crippen molar-refractivity contribution in [2.24, 2.45) is 16.6 Å². The van der Waals surface area contributed by atoms with E-state index in [1.807, 2.05) is 35.8 Å². The number of hydrogen-bond donors (Lipinski definition) is 1. The van der Waals surface area contributed by atoms with Crippen LogP contribution in [0, 0.1) is 12.8 Å². The molecule has 2 unspecified atom stereocenters. The van der Waals surface area contributed by atoms with Gasteiger partial charge in [-0.05, 0) is 18.6 Å². The number of nitrogens with two attached hydrogens (primary N) is 1. The second-order valence-electron chi connectivity index (χ2n) is 7.56. The highest BCUT2D eigenvalue weighted by molar-refractivity contribution is 6.24. The number of para-hydroxylation sites is 1. The summed E-state index contributed by atoms with van der Waals surface area (Å²) in [6.45, 7) is 5.10. The molecule has 2 N–H and O–H groups in total. The third-order valence-corrected chi connectivity index (χ3v) is 5.35. The van der Waals surface area contributed by atoms with Gasteiger partial charge in [0.25, 0.3) is 5.91 Å². The predicted molar refractivity (Wildman–Crippen MR) is 103 cm³/mol. The van der Waals surface area contributed by atoms with E-state index < -0.39 is 30.4 Å². The molecule has 0 saturated carbocycles. The molecule has 0 aromatic heterocycles. The number of fused-ring (bicyclic) bond motifs is 2. The van der Waals surface area contributed by atoms with Gasteiger partial charge in [0.15, 0.2) is 0 Å². The maximum Gasteiger partial charge on any atom is 0.397 e. The van der Waals surface area contributed by atoms with Crippen molar-refractivity contribution in [3.8, 4) is 0 Å². The van der Waals surface area contributed by atoms with E-state index in [1.54, 1.807) is 7.05 Å². The Morgan fingerprint density at radius 3 is 2.71 bits per heavy atom. The van der Waals surface area contributed by atoms with E-state index in [2.05, 4.69) is 16.8 Å². The van der Waals surface area contributed by atoms with Crippen LogP contribution in [0.5, 0.6) is 0 Å². The van der Waals surface area contributed by atoms with E-state index in [-0.39, 0.29) is 5.92 Å². The van der Waals surface area contributed by atoms with Gasteiger partial charge in [-0.25, -0.2) is 14.3 Å². The summed E-state index contributed by atoms with van der Waals surface area (Å²) in [5.41, 5.74) is 7.36. The monoisotopic (exact) mass is 383 g/mol. The van der Waals surface area contributed by atoms with Gasteiger partial charge in [0.05, 0.1) is 13.1 Å². The average molecular weight is 383 g/mol. The van der Waals surface area contributed by atoms with Crippen LogP contribution in [-0.4, -0.2) is 76.7 Å². The van der Waals surface area contributed by atoms with E-state index in [0.717, 1.165) is 22.7 Å². The number of primary amides is 1. The summed E-state index contributed by atoms with van der Waals surface area (Å²) in [4.78, 5) is 46.1. The summed E-state index contributed by atoms with van der Waals surface area (Å²) in [7, 11) is 1.56. The van der Waals surface area contributed by atoms with Crippen molar-refractivity contribution in [1.29, 1.82) is 0 Å². The number of nitrogens with zero attached hydrogens (tertiary/aromatic N) is 5. The van der Waals surface area contributed by atoms with Crippen LogP contribution in [-0.2, 0) is 9.59 Å². The topological polar surface area (TPSA) is 102 Å². The molecule has 9 heteroatoms. The molecule has 3 aliphatic heterocycles. The van der Waals surface area contributed by atoms with Crippen molar-refractivity contribution < 1.29 is 19.0 Å². The number of likely N-dealkylation sites (N-methyl/N-ethyl adjacent to an activating group) is 1. The Morgan fingerprint density at radius 1 is 1.32 bits per heavy atom. The van der Waals surface area contributed by atoms with Gasteiger partial charge in [0, 0.05) is 13.0 Å². The number of carbonyl (C=O) groups excluding carboxylic acids is 3. The largest absolute Gasteiger partial charge is 0.397 e. The van der Waals surface area contributed by atoms with Crippen LogP contribution in [0.2, 0.25) is 0 Å². The summed E-state index contributed by atoms with van der Waals surface area (Å²) >= 11 is 0.